The van der Waals surface area contributed by atoms with E-state index in [9.17, 15) is 28.4 Å². The minimum atomic E-state index is -4.18. The molecule has 15 heteroatoms. The zero-order chi connectivity index (χ0) is 34.3. The predicted octanol–water partition coefficient (Wildman–Crippen LogP) is 3.68. The van der Waals surface area contributed by atoms with Gasteiger partial charge in [-0.2, -0.15) is 4.31 Å². The van der Waals surface area contributed by atoms with E-state index in [2.05, 4.69) is 10.3 Å². The number of aromatic nitrogens is 1. The van der Waals surface area contributed by atoms with Gasteiger partial charge in [-0.05, 0) is 60.7 Å². The van der Waals surface area contributed by atoms with Crippen molar-refractivity contribution >= 4 is 21.8 Å². The summed E-state index contributed by atoms with van der Waals surface area (Å²) in [5.74, 6) is 0.385. The van der Waals surface area contributed by atoms with Crippen LogP contribution in [-0.4, -0.2) is 84.7 Å². The average Bonchev–Trinajstić information content (AvgIpc) is 3.69. The second kappa shape index (κ2) is 15.8. The molecule has 1 unspecified atom stereocenters. The molecule has 2 fully saturated rings. The Labute approximate surface area is 279 Å². The van der Waals surface area contributed by atoms with Crippen LogP contribution in [0.4, 0.5) is 10.5 Å². The highest BCUT2D eigenvalue weighted by atomic mass is 32.2. The standard InChI is InChI=1S/C33H40N4O10S/c1-22(2)18-36(48(42,43)27-12-8-25(9-13-27)37(40)41)19-30(38)29(35-33(39)47-31-21-46-32-28(31)14-16-44-32)17-23-6-10-26(11-7-23)45-20-24-5-3-4-15-34-24/h3-13,15,22,28-32,38H,14,16-21H2,1-2H3,(H,35,39)/t28-,29-,30+,31?,32+/m0/s1. The van der Waals surface area contributed by atoms with Gasteiger partial charge in [0.25, 0.3) is 5.69 Å². The van der Waals surface area contributed by atoms with Gasteiger partial charge in [-0.25, -0.2) is 13.2 Å². The highest BCUT2D eigenvalue weighted by Gasteiger charge is 2.44. The molecule has 0 spiro atoms. The number of hydrogen-bond acceptors (Lipinski definition) is 11. The molecule has 0 bridgehead atoms. The van der Waals surface area contributed by atoms with Crippen LogP contribution in [0.25, 0.3) is 0 Å². The van der Waals surface area contributed by atoms with E-state index in [1.807, 2.05) is 32.0 Å². The topological polar surface area (TPSA) is 180 Å². The second-order valence-corrected chi connectivity index (χ2v) is 14.1. The number of sulfonamides is 1. The summed E-state index contributed by atoms with van der Waals surface area (Å²) in [6.45, 7) is 4.33. The number of aliphatic hydroxyl groups is 1. The molecule has 5 atom stereocenters. The van der Waals surface area contributed by atoms with Crippen LogP contribution in [0, 0.1) is 22.0 Å². The summed E-state index contributed by atoms with van der Waals surface area (Å²) in [6.07, 6.45) is -0.572. The lowest BCUT2D eigenvalue weighted by atomic mass is 10.0. The first-order chi connectivity index (χ1) is 23.0. The van der Waals surface area contributed by atoms with Crippen LogP contribution >= 0.6 is 0 Å². The van der Waals surface area contributed by atoms with E-state index >= 15 is 0 Å². The Balaban J connectivity index is 1.32. The molecule has 3 aromatic rings. The van der Waals surface area contributed by atoms with Gasteiger partial charge in [0.2, 0.25) is 10.0 Å². The number of ether oxygens (including phenoxy) is 4. The van der Waals surface area contributed by atoms with Crippen molar-refractivity contribution in [3.05, 3.63) is 94.3 Å². The largest absolute Gasteiger partial charge is 0.487 e. The molecule has 2 aliphatic rings. The fourth-order valence-electron chi connectivity index (χ4n) is 5.67. The van der Waals surface area contributed by atoms with Gasteiger partial charge in [-0.1, -0.05) is 32.0 Å². The highest BCUT2D eigenvalue weighted by Crippen LogP contribution is 2.33. The molecule has 258 valence electrons. The number of nitro groups is 1. The van der Waals surface area contributed by atoms with E-state index in [1.165, 1.54) is 12.1 Å². The lowest BCUT2D eigenvalue weighted by Crippen LogP contribution is -2.51. The number of fused-ring (bicyclic) bond motifs is 1. The maximum absolute atomic E-state index is 13.7. The van der Waals surface area contributed by atoms with E-state index in [4.69, 9.17) is 18.9 Å². The van der Waals surface area contributed by atoms with E-state index < -0.39 is 45.6 Å². The number of carbonyl (C=O) groups is 1. The van der Waals surface area contributed by atoms with Gasteiger partial charge in [0.05, 0.1) is 46.8 Å². The van der Waals surface area contributed by atoms with Crippen LogP contribution in [0.5, 0.6) is 5.75 Å². The van der Waals surface area contributed by atoms with Crippen LogP contribution in [0.1, 0.15) is 31.5 Å². The Hall–Kier alpha value is -4.15. The lowest BCUT2D eigenvalue weighted by molar-refractivity contribution is -0.384. The van der Waals surface area contributed by atoms with Crippen LogP contribution < -0.4 is 10.1 Å². The predicted molar refractivity (Wildman–Crippen MR) is 172 cm³/mol. The number of hydrogen-bond donors (Lipinski definition) is 2. The quantitative estimate of drug-likeness (QED) is 0.176. The van der Waals surface area contributed by atoms with Crippen molar-refractivity contribution in [2.24, 2.45) is 11.8 Å². The average molecular weight is 685 g/mol. The van der Waals surface area contributed by atoms with Crippen LogP contribution in [0.2, 0.25) is 0 Å². The van der Waals surface area contributed by atoms with Crippen molar-refractivity contribution in [2.75, 3.05) is 26.3 Å². The molecule has 0 saturated carbocycles. The first kappa shape index (κ1) is 35.2. The number of benzene rings is 2. The number of amides is 1. The van der Waals surface area contributed by atoms with Crippen molar-refractivity contribution < 1.29 is 42.2 Å². The van der Waals surface area contributed by atoms with E-state index in [-0.39, 0.29) is 55.1 Å². The summed E-state index contributed by atoms with van der Waals surface area (Å²) in [4.78, 5) is 27.8. The number of carbonyl (C=O) groups excluding carboxylic acids is 1. The van der Waals surface area contributed by atoms with Crippen LogP contribution in [0.15, 0.2) is 77.8 Å². The number of non-ortho nitro benzene ring substituents is 1. The highest BCUT2D eigenvalue weighted by molar-refractivity contribution is 7.89. The third-order valence-electron chi connectivity index (χ3n) is 8.15. The van der Waals surface area contributed by atoms with Crippen molar-refractivity contribution in [1.29, 1.82) is 0 Å². The Morgan fingerprint density at radius 3 is 2.52 bits per heavy atom. The SMILES string of the molecule is CC(C)CN(C[C@@H](O)[C@H](Cc1ccc(OCc2ccccn2)cc1)NC(=O)OC1CO[C@H]2OCC[C@@H]12)S(=O)(=O)c1ccc([N+](=O)[O-])cc1. The summed E-state index contributed by atoms with van der Waals surface area (Å²) in [7, 11) is -4.18. The van der Waals surface area contributed by atoms with Gasteiger partial charge in [-0.15, -0.1) is 0 Å². The summed E-state index contributed by atoms with van der Waals surface area (Å²) in [5, 5.41) is 25.4. The molecule has 2 aromatic carbocycles. The zero-order valence-corrected chi connectivity index (χ0v) is 27.5. The van der Waals surface area contributed by atoms with Gasteiger partial charge < -0.3 is 29.4 Å². The summed E-state index contributed by atoms with van der Waals surface area (Å²) in [5.41, 5.74) is 1.26. The van der Waals surface area contributed by atoms with E-state index in [0.29, 0.717) is 18.8 Å². The molecule has 5 rings (SSSR count). The third-order valence-corrected chi connectivity index (χ3v) is 9.99. The third kappa shape index (κ3) is 9.05. The molecule has 1 aromatic heterocycles. The summed E-state index contributed by atoms with van der Waals surface area (Å²) in [6, 6.07) is 16.3. The Morgan fingerprint density at radius 2 is 1.85 bits per heavy atom. The molecule has 48 heavy (non-hydrogen) atoms. The number of aliphatic hydroxyl groups excluding tert-OH is 1. The lowest BCUT2D eigenvalue weighted by Gasteiger charge is -2.31. The number of nitrogens with zero attached hydrogens (tertiary/aromatic N) is 3. The number of nitro benzene ring substituents is 1. The smallest absolute Gasteiger partial charge is 0.407 e. The van der Waals surface area contributed by atoms with E-state index in [0.717, 1.165) is 27.7 Å². The van der Waals surface area contributed by atoms with Crippen LogP contribution in [-0.2, 0) is 37.3 Å². The zero-order valence-electron chi connectivity index (χ0n) is 26.7. The minimum absolute atomic E-state index is 0.0539. The van der Waals surface area contributed by atoms with Gasteiger partial charge in [0.15, 0.2) is 6.29 Å². The number of rotatable bonds is 15. The van der Waals surface area contributed by atoms with E-state index in [1.54, 1.807) is 30.5 Å². The first-order valence-corrected chi connectivity index (χ1v) is 17.2. The first-order valence-electron chi connectivity index (χ1n) is 15.7. The molecule has 2 aliphatic heterocycles. The maximum Gasteiger partial charge on any atom is 0.407 e. The number of nitrogens with one attached hydrogen (secondary N) is 1. The molecular weight excluding hydrogens is 644 g/mol. The molecule has 14 nitrogen and oxygen atoms in total. The van der Waals surface area contributed by atoms with Crippen molar-refractivity contribution in [3.8, 4) is 5.75 Å². The molecule has 2 saturated heterocycles. The monoisotopic (exact) mass is 684 g/mol. The van der Waals surface area contributed by atoms with Gasteiger partial charge in [0.1, 0.15) is 18.5 Å². The fraction of sp³-hybridized carbons (Fsp3) is 0.455. The molecule has 2 N–H and O–H groups in total. The molecule has 0 radical (unpaired) electrons. The molecule has 3 heterocycles. The molecule has 0 aliphatic carbocycles. The van der Waals surface area contributed by atoms with Crippen molar-refractivity contribution in [2.45, 2.75) is 62.7 Å². The van der Waals surface area contributed by atoms with Gasteiger partial charge in [-0.3, -0.25) is 15.1 Å². The minimum Gasteiger partial charge on any atom is -0.487 e. The second-order valence-electron chi connectivity index (χ2n) is 12.2. The van der Waals surface area contributed by atoms with Crippen LogP contribution in [0.3, 0.4) is 0 Å². The van der Waals surface area contributed by atoms with Crippen molar-refractivity contribution in [3.63, 3.8) is 0 Å². The molecule has 1 amide bonds. The Kier molecular flexibility index (Phi) is 11.6. The number of alkyl carbamates (subject to hydrolysis) is 1. The normalized spacial score (nSPS) is 20.3. The Bertz CT molecular complexity index is 1620. The van der Waals surface area contributed by atoms with Crippen molar-refractivity contribution in [1.82, 2.24) is 14.6 Å². The fourth-order valence-corrected chi connectivity index (χ4v) is 7.29. The van der Waals surface area contributed by atoms with Gasteiger partial charge in [0, 0.05) is 31.4 Å². The summed E-state index contributed by atoms with van der Waals surface area (Å²) >= 11 is 0. The molecular formula is C33H40N4O10S. The van der Waals surface area contributed by atoms with Gasteiger partial charge >= 0.3 is 6.09 Å². The maximum atomic E-state index is 13.7. The Morgan fingerprint density at radius 1 is 1.10 bits per heavy atom. The summed E-state index contributed by atoms with van der Waals surface area (Å²) < 4.78 is 51.2. The number of pyridine rings is 1.